The second-order valence-electron chi connectivity index (χ2n) is 7.26. The van der Waals surface area contributed by atoms with Gasteiger partial charge in [0.05, 0.1) is 5.54 Å². The maximum absolute atomic E-state index is 14.2. The van der Waals surface area contributed by atoms with Crippen molar-refractivity contribution in [1.82, 2.24) is 10.2 Å². The fourth-order valence-corrected chi connectivity index (χ4v) is 3.74. The molecule has 2 fully saturated rings. The van der Waals surface area contributed by atoms with Gasteiger partial charge in [0.15, 0.2) is 0 Å². The first-order valence-electron chi connectivity index (χ1n) is 8.90. The van der Waals surface area contributed by atoms with Gasteiger partial charge >= 0.3 is 6.36 Å². The lowest BCUT2D eigenvalue weighted by Crippen LogP contribution is -2.68. The molecular formula is C20H16F4N2O3. The molecule has 2 amide bonds. The average Bonchev–Trinajstić information content (AvgIpc) is 3.01. The van der Waals surface area contributed by atoms with Crippen molar-refractivity contribution in [3.05, 3.63) is 53.8 Å². The van der Waals surface area contributed by atoms with Gasteiger partial charge in [-0.25, -0.2) is 4.39 Å². The third-order valence-corrected chi connectivity index (χ3v) is 5.13. The van der Waals surface area contributed by atoms with Crippen molar-refractivity contribution >= 4 is 11.8 Å². The smallest absolute Gasteiger partial charge is 0.406 e. The van der Waals surface area contributed by atoms with Crippen LogP contribution in [0, 0.1) is 5.82 Å². The number of amides is 2. The molecule has 2 aromatic rings. The first kappa shape index (κ1) is 19.2. The Labute approximate surface area is 163 Å². The molecule has 0 aromatic heterocycles. The molecule has 0 unspecified atom stereocenters. The van der Waals surface area contributed by atoms with Gasteiger partial charge in [-0.2, -0.15) is 0 Å². The van der Waals surface area contributed by atoms with E-state index < -0.39 is 17.9 Å². The van der Waals surface area contributed by atoms with Gasteiger partial charge < -0.3 is 15.0 Å². The molecular weight excluding hydrogens is 392 g/mol. The molecule has 152 valence electrons. The highest BCUT2D eigenvalue weighted by Crippen LogP contribution is 2.32. The standard InChI is InChI=1S/C20H16F4N2O3/c21-16-9-14(29-20(22,23)24)5-6-15(16)12-1-3-13(4-2-12)18(28)26-10-19(11-26)8-7-17(27)25-19/h1-6,9H,7-8,10-11H2,(H,25,27). The summed E-state index contributed by atoms with van der Waals surface area (Å²) in [5.41, 5.74) is 0.608. The van der Waals surface area contributed by atoms with E-state index in [9.17, 15) is 27.2 Å². The van der Waals surface area contributed by atoms with Crippen molar-refractivity contribution in [3.63, 3.8) is 0 Å². The highest BCUT2D eigenvalue weighted by Gasteiger charge is 2.49. The van der Waals surface area contributed by atoms with E-state index >= 15 is 0 Å². The lowest BCUT2D eigenvalue weighted by Gasteiger charge is -2.47. The Morgan fingerprint density at radius 2 is 1.79 bits per heavy atom. The number of alkyl halides is 3. The lowest BCUT2D eigenvalue weighted by atomic mass is 9.87. The minimum atomic E-state index is -4.90. The summed E-state index contributed by atoms with van der Waals surface area (Å²) in [6.45, 7) is 0.906. The summed E-state index contributed by atoms with van der Waals surface area (Å²) >= 11 is 0. The number of hydrogen-bond acceptors (Lipinski definition) is 3. The number of nitrogens with zero attached hydrogens (tertiary/aromatic N) is 1. The van der Waals surface area contributed by atoms with E-state index in [-0.39, 0.29) is 22.9 Å². The van der Waals surface area contributed by atoms with Gasteiger partial charge in [-0.15, -0.1) is 13.2 Å². The molecule has 1 N–H and O–H groups in total. The van der Waals surface area contributed by atoms with Gasteiger partial charge in [0.1, 0.15) is 11.6 Å². The van der Waals surface area contributed by atoms with E-state index in [1.165, 1.54) is 30.3 Å². The Balaban J connectivity index is 1.44. The summed E-state index contributed by atoms with van der Waals surface area (Å²) in [6, 6.07) is 9.02. The number of carbonyl (C=O) groups excluding carboxylic acids is 2. The third kappa shape index (κ3) is 3.90. The number of ether oxygens (including phenoxy) is 1. The van der Waals surface area contributed by atoms with Crippen LogP contribution in [0.2, 0.25) is 0 Å². The topological polar surface area (TPSA) is 58.6 Å². The molecule has 0 aliphatic carbocycles. The van der Waals surface area contributed by atoms with Crippen molar-refractivity contribution in [3.8, 4) is 16.9 Å². The Morgan fingerprint density at radius 3 is 2.34 bits per heavy atom. The van der Waals surface area contributed by atoms with Crippen LogP contribution in [0.25, 0.3) is 11.1 Å². The number of rotatable bonds is 3. The van der Waals surface area contributed by atoms with Crippen LogP contribution in [0.4, 0.5) is 17.6 Å². The van der Waals surface area contributed by atoms with Gasteiger partial charge in [0.2, 0.25) is 5.91 Å². The molecule has 2 aromatic carbocycles. The molecule has 4 rings (SSSR count). The first-order chi connectivity index (χ1) is 13.6. The number of likely N-dealkylation sites (tertiary alicyclic amines) is 1. The number of hydrogen-bond donors (Lipinski definition) is 1. The predicted octanol–water partition coefficient (Wildman–Crippen LogP) is 3.50. The summed E-state index contributed by atoms with van der Waals surface area (Å²) < 4.78 is 54.6. The largest absolute Gasteiger partial charge is 0.573 e. The molecule has 2 aliphatic heterocycles. The van der Waals surface area contributed by atoms with Gasteiger partial charge in [-0.1, -0.05) is 12.1 Å². The highest BCUT2D eigenvalue weighted by atomic mass is 19.4. The normalized spacial score (nSPS) is 17.8. The highest BCUT2D eigenvalue weighted by molar-refractivity contribution is 5.96. The van der Waals surface area contributed by atoms with E-state index in [1.807, 2.05) is 0 Å². The summed E-state index contributed by atoms with van der Waals surface area (Å²) in [5.74, 6) is -1.71. The van der Waals surface area contributed by atoms with E-state index in [1.54, 1.807) is 4.90 Å². The number of halogens is 4. The Morgan fingerprint density at radius 1 is 1.10 bits per heavy atom. The molecule has 2 aliphatic rings. The van der Waals surface area contributed by atoms with Gasteiger partial charge in [-0.05, 0) is 36.2 Å². The molecule has 2 saturated heterocycles. The van der Waals surface area contributed by atoms with E-state index in [0.717, 1.165) is 6.07 Å². The minimum absolute atomic E-state index is 0.00451. The van der Waals surface area contributed by atoms with Crippen molar-refractivity contribution in [2.45, 2.75) is 24.7 Å². The summed E-state index contributed by atoms with van der Waals surface area (Å²) in [4.78, 5) is 25.6. The molecule has 2 heterocycles. The predicted molar refractivity (Wildman–Crippen MR) is 94.5 cm³/mol. The van der Waals surface area contributed by atoms with Crippen molar-refractivity contribution in [1.29, 1.82) is 0 Å². The van der Waals surface area contributed by atoms with Crippen LogP contribution in [0.15, 0.2) is 42.5 Å². The van der Waals surface area contributed by atoms with Crippen molar-refractivity contribution < 1.29 is 31.9 Å². The number of benzene rings is 2. The molecule has 0 radical (unpaired) electrons. The van der Waals surface area contributed by atoms with Gasteiger partial charge in [0, 0.05) is 36.7 Å². The fourth-order valence-electron chi connectivity index (χ4n) is 3.74. The van der Waals surface area contributed by atoms with E-state index in [4.69, 9.17) is 0 Å². The number of carbonyl (C=O) groups is 2. The summed E-state index contributed by atoms with van der Waals surface area (Å²) in [7, 11) is 0. The molecule has 0 saturated carbocycles. The Kier molecular flexibility index (Phi) is 4.48. The summed E-state index contributed by atoms with van der Waals surface area (Å²) in [5, 5.41) is 2.90. The van der Waals surface area contributed by atoms with Crippen LogP contribution in [0.5, 0.6) is 5.75 Å². The molecule has 5 nitrogen and oxygen atoms in total. The Hall–Kier alpha value is -3.10. The fraction of sp³-hybridized carbons (Fsp3) is 0.300. The molecule has 1 spiro atoms. The maximum Gasteiger partial charge on any atom is 0.573 e. The quantitative estimate of drug-likeness (QED) is 0.791. The van der Waals surface area contributed by atoms with Crippen LogP contribution in [-0.4, -0.2) is 41.7 Å². The van der Waals surface area contributed by atoms with Crippen LogP contribution in [0.3, 0.4) is 0 Å². The van der Waals surface area contributed by atoms with E-state index in [0.29, 0.717) is 43.1 Å². The first-order valence-corrected chi connectivity index (χ1v) is 8.90. The second kappa shape index (κ2) is 6.75. The lowest BCUT2D eigenvalue weighted by molar-refractivity contribution is -0.274. The third-order valence-electron chi connectivity index (χ3n) is 5.13. The number of nitrogens with one attached hydrogen (secondary N) is 1. The van der Waals surface area contributed by atoms with Gasteiger partial charge in [-0.3, -0.25) is 9.59 Å². The van der Waals surface area contributed by atoms with Gasteiger partial charge in [0.25, 0.3) is 5.91 Å². The monoisotopic (exact) mass is 408 g/mol. The molecule has 9 heteroatoms. The van der Waals surface area contributed by atoms with Crippen molar-refractivity contribution in [2.24, 2.45) is 0 Å². The minimum Gasteiger partial charge on any atom is -0.406 e. The van der Waals surface area contributed by atoms with E-state index in [2.05, 4.69) is 10.1 Å². The average molecular weight is 408 g/mol. The van der Waals surface area contributed by atoms with Crippen LogP contribution in [-0.2, 0) is 4.79 Å². The SMILES string of the molecule is O=C1CCC2(CN(C(=O)c3ccc(-c4ccc(OC(F)(F)F)cc4F)cc3)C2)N1. The van der Waals surface area contributed by atoms with Crippen LogP contribution < -0.4 is 10.1 Å². The zero-order valence-electron chi connectivity index (χ0n) is 15.1. The Bertz CT molecular complexity index is 967. The molecule has 0 bridgehead atoms. The second-order valence-corrected chi connectivity index (χ2v) is 7.26. The molecule has 29 heavy (non-hydrogen) atoms. The van der Waals surface area contributed by atoms with Crippen LogP contribution >= 0.6 is 0 Å². The molecule has 0 atom stereocenters. The zero-order chi connectivity index (χ0) is 20.8. The zero-order valence-corrected chi connectivity index (χ0v) is 15.1. The van der Waals surface area contributed by atoms with Crippen molar-refractivity contribution in [2.75, 3.05) is 13.1 Å². The summed E-state index contributed by atoms with van der Waals surface area (Å²) in [6.07, 6.45) is -3.72. The maximum atomic E-state index is 14.2. The van der Waals surface area contributed by atoms with Crippen LogP contribution in [0.1, 0.15) is 23.2 Å².